The summed E-state index contributed by atoms with van der Waals surface area (Å²) in [6, 6.07) is 8.69. The third kappa shape index (κ3) is 2.07. The second kappa shape index (κ2) is 4.49. The molecule has 1 saturated heterocycles. The number of para-hydroxylation sites is 1. The van der Waals surface area contributed by atoms with Crippen molar-refractivity contribution in [2.75, 3.05) is 18.0 Å². The first-order valence-electron chi connectivity index (χ1n) is 6.11. The van der Waals surface area contributed by atoms with Crippen LogP contribution in [-0.2, 0) is 0 Å². The first-order chi connectivity index (χ1) is 8.34. The van der Waals surface area contributed by atoms with Crippen LogP contribution in [0.4, 0.5) is 5.69 Å². The Balaban J connectivity index is 2.03. The van der Waals surface area contributed by atoms with Crippen LogP contribution in [0.15, 0.2) is 30.5 Å². The molecule has 0 N–H and O–H groups in total. The molecule has 1 fully saturated rings. The lowest BCUT2D eigenvalue weighted by Crippen LogP contribution is -2.18. The average Bonchev–Trinajstić information content (AvgIpc) is 3.00. The predicted octanol–water partition coefficient (Wildman–Crippen LogP) is 3.72. The lowest BCUT2D eigenvalue weighted by atomic mass is 10.1. The van der Waals surface area contributed by atoms with Crippen molar-refractivity contribution in [1.82, 2.24) is 4.98 Å². The minimum Gasteiger partial charge on any atom is -0.371 e. The zero-order valence-electron chi connectivity index (χ0n) is 10.0. The number of anilines is 1. The largest absolute Gasteiger partial charge is 0.371 e. The molecule has 0 radical (unpaired) electrons. The first kappa shape index (κ1) is 10.8. The van der Waals surface area contributed by atoms with Gasteiger partial charge in [-0.2, -0.15) is 0 Å². The topological polar surface area (TPSA) is 16.1 Å². The van der Waals surface area contributed by atoms with Gasteiger partial charge in [0.15, 0.2) is 0 Å². The predicted molar refractivity (Wildman–Crippen MR) is 73.7 cm³/mol. The number of aryl methyl sites for hydroxylation is 1. The number of hydrogen-bond donors (Lipinski definition) is 0. The molecule has 3 rings (SSSR count). The quantitative estimate of drug-likeness (QED) is 0.800. The Morgan fingerprint density at radius 1 is 1.18 bits per heavy atom. The molecule has 17 heavy (non-hydrogen) atoms. The number of thiazole rings is 1. The van der Waals surface area contributed by atoms with Crippen LogP contribution in [0.25, 0.3) is 10.4 Å². The molecule has 0 saturated carbocycles. The van der Waals surface area contributed by atoms with E-state index in [1.165, 1.54) is 42.1 Å². The van der Waals surface area contributed by atoms with Crippen LogP contribution in [0.2, 0.25) is 0 Å². The third-order valence-corrected chi connectivity index (χ3v) is 4.18. The highest BCUT2D eigenvalue weighted by molar-refractivity contribution is 7.15. The Kier molecular flexibility index (Phi) is 2.85. The average molecular weight is 244 g/mol. The Bertz CT molecular complexity index is 512. The van der Waals surface area contributed by atoms with Gasteiger partial charge in [0, 0.05) is 30.5 Å². The van der Waals surface area contributed by atoms with Gasteiger partial charge in [-0.25, -0.2) is 4.98 Å². The number of benzene rings is 1. The highest BCUT2D eigenvalue weighted by Gasteiger charge is 2.16. The minimum absolute atomic E-state index is 1.14. The second-order valence-electron chi connectivity index (χ2n) is 4.45. The van der Waals surface area contributed by atoms with Gasteiger partial charge in [-0.3, -0.25) is 0 Å². The Morgan fingerprint density at radius 3 is 2.65 bits per heavy atom. The smallest absolute Gasteiger partial charge is 0.0900 e. The summed E-state index contributed by atoms with van der Waals surface area (Å²) in [7, 11) is 0. The Labute approximate surface area is 106 Å². The molecule has 0 amide bonds. The van der Waals surface area contributed by atoms with Crippen molar-refractivity contribution in [1.29, 1.82) is 0 Å². The molecule has 2 nitrogen and oxygen atoms in total. The molecule has 2 aromatic rings. The van der Waals surface area contributed by atoms with Crippen molar-refractivity contribution in [2.45, 2.75) is 19.8 Å². The van der Waals surface area contributed by atoms with Crippen molar-refractivity contribution < 1.29 is 0 Å². The maximum atomic E-state index is 4.36. The molecule has 0 atom stereocenters. The highest BCUT2D eigenvalue weighted by atomic mass is 32.1. The summed E-state index contributed by atoms with van der Waals surface area (Å²) >= 11 is 1.78. The molecule has 1 aliphatic heterocycles. The van der Waals surface area contributed by atoms with E-state index in [-0.39, 0.29) is 0 Å². The Morgan fingerprint density at radius 2 is 1.94 bits per heavy atom. The fourth-order valence-electron chi connectivity index (χ4n) is 2.40. The van der Waals surface area contributed by atoms with Crippen LogP contribution >= 0.6 is 11.3 Å². The van der Waals surface area contributed by atoms with E-state index in [1.54, 1.807) is 11.3 Å². The molecule has 1 aliphatic rings. The molecule has 1 aromatic carbocycles. The van der Waals surface area contributed by atoms with E-state index in [2.05, 4.69) is 41.1 Å². The summed E-state index contributed by atoms with van der Waals surface area (Å²) in [6.07, 6.45) is 4.63. The molecule has 88 valence electrons. The van der Waals surface area contributed by atoms with Crippen molar-refractivity contribution in [2.24, 2.45) is 0 Å². The zero-order chi connectivity index (χ0) is 11.7. The second-order valence-corrected chi connectivity index (χ2v) is 5.69. The van der Waals surface area contributed by atoms with E-state index in [0.717, 1.165) is 5.01 Å². The summed E-state index contributed by atoms with van der Waals surface area (Å²) in [5, 5.41) is 1.14. The molecule has 0 unspecified atom stereocenters. The lowest BCUT2D eigenvalue weighted by Gasteiger charge is -2.20. The summed E-state index contributed by atoms with van der Waals surface area (Å²) in [6.45, 7) is 4.44. The van der Waals surface area contributed by atoms with E-state index in [4.69, 9.17) is 0 Å². The molecule has 0 bridgehead atoms. The number of nitrogens with zero attached hydrogens (tertiary/aromatic N) is 2. The van der Waals surface area contributed by atoms with E-state index >= 15 is 0 Å². The van der Waals surface area contributed by atoms with E-state index < -0.39 is 0 Å². The van der Waals surface area contributed by atoms with Gasteiger partial charge in [0.25, 0.3) is 0 Å². The van der Waals surface area contributed by atoms with Crippen molar-refractivity contribution >= 4 is 17.0 Å². The van der Waals surface area contributed by atoms with Crippen LogP contribution in [0.3, 0.4) is 0 Å². The molecule has 0 spiro atoms. The van der Waals surface area contributed by atoms with Crippen molar-refractivity contribution in [3.8, 4) is 10.4 Å². The fourth-order valence-corrected chi connectivity index (χ4v) is 3.21. The van der Waals surface area contributed by atoms with Gasteiger partial charge in [0.05, 0.1) is 9.88 Å². The first-order valence-corrected chi connectivity index (χ1v) is 6.93. The van der Waals surface area contributed by atoms with E-state index in [1.807, 2.05) is 6.20 Å². The number of aromatic nitrogens is 1. The molecular formula is C14H16N2S. The van der Waals surface area contributed by atoms with Gasteiger partial charge in [0.1, 0.15) is 0 Å². The van der Waals surface area contributed by atoms with Crippen LogP contribution in [0, 0.1) is 6.92 Å². The molecule has 1 aromatic heterocycles. The SMILES string of the molecule is Cc1ncc(-c2ccccc2N2CCCC2)s1. The van der Waals surface area contributed by atoms with E-state index in [0.29, 0.717) is 0 Å². The maximum absolute atomic E-state index is 4.36. The van der Waals surface area contributed by atoms with Crippen LogP contribution in [-0.4, -0.2) is 18.1 Å². The molecular weight excluding hydrogens is 228 g/mol. The summed E-state index contributed by atoms with van der Waals surface area (Å²) in [4.78, 5) is 8.13. The highest BCUT2D eigenvalue weighted by Crippen LogP contribution is 2.35. The van der Waals surface area contributed by atoms with Gasteiger partial charge < -0.3 is 4.90 Å². The summed E-state index contributed by atoms with van der Waals surface area (Å²) < 4.78 is 0. The van der Waals surface area contributed by atoms with Gasteiger partial charge >= 0.3 is 0 Å². The lowest BCUT2D eigenvalue weighted by molar-refractivity contribution is 0.949. The number of rotatable bonds is 2. The van der Waals surface area contributed by atoms with Crippen LogP contribution in [0.1, 0.15) is 17.8 Å². The fraction of sp³-hybridized carbons (Fsp3) is 0.357. The zero-order valence-corrected chi connectivity index (χ0v) is 10.8. The van der Waals surface area contributed by atoms with Gasteiger partial charge in [-0.15, -0.1) is 11.3 Å². The van der Waals surface area contributed by atoms with Crippen molar-refractivity contribution in [3.05, 3.63) is 35.5 Å². The Hall–Kier alpha value is -1.35. The van der Waals surface area contributed by atoms with Gasteiger partial charge in [-0.1, -0.05) is 18.2 Å². The monoisotopic (exact) mass is 244 g/mol. The van der Waals surface area contributed by atoms with Gasteiger partial charge in [0.2, 0.25) is 0 Å². The van der Waals surface area contributed by atoms with E-state index in [9.17, 15) is 0 Å². The maximum Gasteiger partial charge on any atom is 0.0900 e. The van der Waals surface area contributed by atoms with Crippen LogP contribution in [0.5, 0.6) is 0 Å². The van der Waals surface area contributed by atoms with Gasteiger partial charge in [-0.05, 0) is 25.8 Å². The molecule has 3 heteroatoms. The summed E-state index contributed by atoms with van der Waals surface area (Å²) in [5.41, 5.74) is 2.70. The third-order valence-electron chi connectivity index (χ3n) is 3.24. The number of hydrogen-bond acceptors (Lipinski definition) is 3. The molecule has 0 aliphatic carbocycles. The van der Waals surface area contributed by atoms with Crippen molar-refractivity contribution in [3.63, 3.8) is 0 Å². The standard InChI is InChI=1S/C14H16N2S/c1-11-15-10-14(17-11)12-6-2-3-7-13(12)16-8-4-5-9-16/h2-3,6-7,10H,4-5,8-9H2,1H3. The van der Waals surface area contributed by atoms with Crippen LogP contribution < -0.4 is 4.90 Å². The molecule has 2 heterocycles. The summed E-state index contributed by atoms with van der Waals surface area (Å²) in [5.74, 6) is 0. The minimum atomic E-state index is 1.14. The normalized spacial score (nSPS) is 15.5.